The van der Waals surface area contributed by atoms with Crippen LogP contribution in [0, 0.1) is 5.92 Å². The third-order valence-electron chi connectivity index (χ3n) is 4.48. The third-order valence-corrected chi connectivity index (χ3v) is 4.48. The van der Waals surface area contributed by atoms with Gasteiger partial charge >= 0.3 is 0 Å². The molecule has 0 aromatic heterocycles. The Hall–Kier alpha value is -0.570. The molecule has 4 unspecified atom stereocenters. The first-order chi connectivity index (χ1) is 8.13. The normalized spacial score (nSPS) is 38.4. The van der Waals surface area contributed by atoms with Crippen LogP contribution in [-0.2, 0) is 4.79 Å². The van der Waals surface area contributed by atoms with E-state index in [9.17, 15) is 4.79 Å². The number of amides is 1. The van der Waals surface area contributed by atoms with Crippen molar-refractivity contribution in [3.63, 3.8) is 0 Å². The van der Waals surface area contributed by atoms with Gasteiger partial charge in [-0.15, -0.1) is 0 Å². The number of hydrogen-bond acceptors (Lipinski definition) is 2. The van der Waals surface area contributed by atoms with Gasteiger partial charge in [-0.25, -0.2) is 0 Å². The van der Waals surface area contributed by atoms with E-state index in [1.165, 1.54) is 12.8 Å². The van der Waals surface area contributed by atoms with Crippen LogP contribution in [0.5, 0.6) is 0 Å². The quantitative estimate of drug-likeness (QED) is 0.799. The summed E-state index contributed by atoms with van der Waals surface area (Å²) in [5, 5.41) is 3.42. The molecule has 2 saturated heterocycles. The predicted molar refractivity (Wildman–Crippen MR) is 69.8 cm³/mol. The van der Waals surface area contributed by atoms with E-state index in [4.69, 9.17) is 0 Å². The van der Waals surface area contributed by atoms with Crippen LogP contribution in [0.25, 0.3) is 0 Å². The van der Waals surface area contributed by atoms with E-state index in [0.29, 0.717) is 24.0 Å². The minimum atomic E-state index is 0.265. The van der Waals surface area contributed by atoms with Crippen LogP contribution in [0.3, 0.4) is 0 Å². The molecule has 17 heavy (non-hydrogen) atoms. The van der Waals surface area contributed by atoms with Gasteiger partial charge in [-0.05, 0) is 52.5 Å². The van der Waals surface area contributed by atoms with Crippen LogP contribution >= 0.6 is 0 Å². The Kier molecular flexibility index (Phi) is 4.08. The summed E-state index contributed by atoms with van der Waals surface area (Å²) in [5.41, 5.74) is 0. The number of carbonyl (C=O) groups is 1. The molecule has 0 aromatic carbocycles. The number of likely N-dealkylation sites (tertiary alicyclic amines) is 1. The van der Waals surface area contributed by atoms with Crippen LogP contribution < -0.4 is 5.32 Å². The van der Waals surface area contributed by atoms with Crippen LogP contribution in [0.15, 0.2) is 0 Å². The summed E-state index contributed by atoms with van der Waals surface area (Å²) in [7, 11) is 0. The Labute approximate surface area is 105 Å². The molecule has 98 valence electrons. The van der Waals surface area contributed by atoms with E-state index in [2.05, 4.69) is 31.0 Å². The second-order valence-corrected chi connectivity index (χ2v) is 5.81. The summed E-state index contributed by atoms with van der Waals surface area (Å²) >= 11 is 0. The second-order valence-electron chi connectivity index (χ2n) is 5.81. The molecule has 0 aliphatic carbocycles. The van der Waals surface area contributed by atoms with Crippen LogP contribution in [0.4, 0.5) is 0 Å². The Bertz CT molecular complexity index is 279. The minimum absolute atomic E-state index is 0.265. The lowest BCUT2D eigenvalue weighted by Crippen LogP contribution is -2.47. The summed E-state index contributed by atoms with van der Waals surface area (Å²) in [5.74, 6) is 0.691. The zero-order valence-electron chi connectivity index (χ0n) is 11.4. The highest BCUT2D eigenvalue weighted by Crippen LogP contribution is 2.30. The number of carbonyl (C=O) groups excluding carboxylic acids is 1. The molecule has 3 nitrogen and oxygen atoms in total. The van der Waals surface area contributed by atoms with Crippen molar-refractivity contribution in [3.8, 4) is 0 Å². The average Bonchev–Trinajstić information content (AvgIpc) is 2.69. The van der Waals surface area contributed by atoms with Crippen LogP contribution in [0.1, 0.15) is 52.9 Å². The highest BCUT2D eigenvalue weighted by atomic mass is 16.2. The summed E-state index contributed by atoms with van der Waals surface area (Å²) in [6.07, 6.45) is 5.52. The number of hydrogen-bond donors (Lipinski definition) is 1. The Morgan fingerprint density at radius 3 is 2.71 bits per heavy atom. The summed E-state index contributed by atoms with van der Waals surface area (Å²) in [6, 6.07) is 1.45. The molecule has 0 spiro atoms. The molecule has 2 heterocycles. The van der Waals surface area contributed by atoms with Crippen molar-refractivity contribution in [2.45, 2.75) is 71.0 Å². The number of piperidine rings is 1. The molecule has 0 radical (unpaired) electrons. The molecule has 1 amide bonds. The van der Waals surface area contributed by atoms with E-state index < -0.39 is 0 Å². The zero-order chi connectivity index (χ0) is 12.4. The maximum atomic E-state index is 12.6. The summed E-state index contributed by atoms with van der Waals surface area (Å²) in [4.78, 5) is 14.8. The van der Waals surface area contributed by atoms with E-state index in [0.717, 1.165) is 25.8 Å². The number of nitrogens with zero attached hydrogens (tertiary/aromatic N) is 1. The van der Waals surface area contributed by atoms with Gasteiger partial charge in [-0.3, -0.25) is 4.79 Å². The van der Waals surface area contributed by atoms with Gasteiger partial charge in [0.2, 0.25) is 5.91 Å². The van der Waals surface area contributed by atoms with Crippen LogP contribution in [0.2, 0.25) is 0 Å². The maximum Gasteiger partial charge on any atom is 0.226 e. The number of nitrogens with one attached hydrogen (secondary N) is 1. The van der Waals surface area contributed by atoms with Crippen molar-refractivity contribution < 1.29 is 4.79 Å². The van der Waals surface area contributed by atoms with Crippen molar-refractivity contribution in [2.75, 3.05) is 6.54 Å². The fraction of sp³-hybridized carbons (Fsp3) is 0.929. The fourth-order valence-corrected chi connectivity index (χ4v) is 3.44. The topological polar surface area (TPSA) is 32.3 Å². The zero-order valence-corrected chi connectivity index (χ0v) is 11.4. The molecule has 4 atom stereocenters. The van der Waals surface area contributed by atoms with Crippen molar-refractivity contribution in [2.24, 2.45) is 5.92 Å². The van der Waals surface area contributed by atoms with Gasteiger partial charge in [0.05, 0.1) is 0 Å². The molecule has 2 aliphatic heterocycles. The van der Waals surface area contributed by atoms with Crippen molar-refractivity contribution in [1.29, 1.82) is 0 Å². The SMILES string of the molecule is CCC1CCC(C)N1C(=O)C1CCNC(C)C1. The van der Waals surface area contributed by atoms with Crippen LogP contribution in [-0.4, -0.2) is 35.5 Å². The lowest BCUT2D eigenvalue weighted by atomic mass is 9.91. The first-order valence-corrected chi connectivity index (χ1v) is 7.19. The highest BCUT2D eigenvalue weighted by Gasteiger charge is 2.37. The Morgan fingerprint density at radius 1 is 1.29 bits per heavy atom. The monoisotopic (exact) mass is 238 g/mol. The second kappa shape index (κ2) is 5.38. The van der Waals surface area contributed by atoms with Crippen molar-refractivity contribution in [1.82, 2.24) is 10.2 Å². The molecule has 0 saturated carbocycles. The minimum Gasteiger partial charge on any atom is -0.337 e. The molecule has 3 heteroatoms. The third kappa shape index (κ3) is 2.65. The molecular weight excluding hydrogens is 212 g/mol. The van der Waals surface area contributed by atoms with Crippen molar-refractivity contribution in [3.05, 3.63) is 0 Å². The highest BCUT2D eigenvalue weighted by molar-refractivity contribution is 5.80. The Balaban J connectivity index is 2.02. The van der Waals surface area contributed by atoms with Gasteiger partial charge < -0.3 is 10.2 Å². The number of rotatable bonds is 2. The van der Waals surface area contributed by atoms with Crippen molar-refractivity contribution >= 4 is 5.91 Å². The maximum absolute atomic E-state index is 12.6. The first kappa shape index (κ1) is 12.9. The van der Waals surface area contributed by atoms with E-state index in [-0.39, 0.29) is 5.92 Å². The Morgan fingerprint density at radius 2 is 2.06 bits per heavy atom. The van der Waals surface area contributed by atoms with Gasteiger partial charge in [0, 0.05) is 24.0 Å². The molecule has 2 rings (SSSR count). The van der Waals surface area contributed by atoms with E-state index in [1.807, 2.05) is 0 Å². The largest absolute Gasteiger partial charge is 0.337 e. The van der Waals surface area contributed by atoms with Gasteiger partial charge in [-0.2, -0.15) is 0 Å². The predicted octanol–water partition coefficient (Wildman–Crippen LogP) is 2.16. The van der Waals surface area contributed by atoms with Gasteiger partial charge in [-0.1, -0.05) is 6.92 Å². The molecular formula is C14H26N2O. The fourth-order valence-electron chi connectivity index (χ4n) is 3.44. The van der Waals surface area contributed by atoms with E-state index >= 15 is 0 Å². The van der Waals surface area contributed by atoms with Gasteiger partial charge in [0.25, 0.3) is 0 Å². The molecule has 0 bridgehead atoms. The van der Waals surface area contributed by atoms with E-state index in [1.54, 1.807) is 0 Å². The van der Waals surface area contributed by atoms with Gasteiger partial charge in [0.1, 0.15) is 0 Å². The summed E-state index contributed by atoms with van der Waals surface area (Å²) in [6.45, 7) is 7.59. The average molecular weight is 238 g/mol. The molecule has 1 N–H and O–H groups in total. The standard InChI is InChI=1S/C14H26N2O/c1-4-13-6-5-11(3)16(13)14(17)12-7-8-15-10(2)9-12/h10-13,15H,4-9H2,1-3H3. The first-order valence-electron chi connectivity index (χ1n) is 7.19. The summed E-state index contributed by atoms with van der Waals surface area (Å²) < 4.78 is 0. The van der Waals surface area contributed by atoms with Gasteiger partial charge in [0.15, 0.2) is 0 Å². The smallest absolute Gasteiger partial charge is 0.226 e. The molecule has 2 fully saturated rings. The lowest BCUT2D eigenvalue weighted by Gasteiger charge is -2.35. The molecule has 2 aliphatic rings. The molecule has 0 aromatic rings. The lowest BCUT2D eigenvalue weighted by molar-refractivity contribution is -0.139.